The zero-order valence-electron chi connectivity index (χ0n) is 26.2. The van der Waals surface area contributed by atoms with Gasteiger partial charge in [-0.2, -0.15) is 5.10 Å². The number of ether oxygens (including phenoxy) is 1. The maximum Gasteiger partial charge on any atom is 0.303 e. The topological polar surface area (TPSA) is 84.7 Å². The van der Waals surface area contributed by atoms with E-state index in [-0.39, 0.29) is 30.2 Å². The Morgan fingerprint density at radius 3 is 2.33 bits per heavy atom. The van der Waals surface area contributed by atoms with Gasteiger partial charge >= 0.3 is 5.97 Å². The summed E-state index contributed by atoms with van der Waals surface area (Å²) in [5.74, 6) is 1.47. The Morgan fingerprint density at radius 1 is 0.977 bits per heavy atom. The van der Waals surface area contributed by atoms with Crippen LogP contribution in [0, 0.1) is 24.7 Å². The number of aromatic nitrogens is 2. The average Bonchev–Trinajstić information content (AvgIpc) is 3.51. The number of carbonyl (C=O) groups is 2. The highest BCUT2D eigenvalue weighted by molar-refractivity contribution is 5.95. The van der Waals surface area contributed by atoms with Crippen LogP contribution in [-0.4, -0.2) is 40.4 Å². The molecule has 0 unspecified atom stereocenters. The van der Waals surface area contributed by atoms with Gasteiger partial charge in [-0.25, -0.2) is 0 Å². The molecule has 2 aromatic carbocycles. The van der Waals surface area contributed by atoms with Crippen LogP contribution in [0.1, 0.15) is 94.7 Å². The van der Waals surface area contributed by atoms with Gasteiger partial charge in [0.2, 0.25) is 5.91 Å². The standard InChI is InChI=1S/C36H47N3O4/c1-24(2)39-23-32(21-37-39)30-6-5-7-33(20-30)38(36(42)29-14-8-26(9-15-29)19-35(40)41)22-27-10-12-28(13-11-27)31-16-17-34(43-4)25(3)18-31/h5-7,16-18,20-21,23-24,26-29H,8-15,19,22H2,1-4H3,(H,40,41). The quantitative estimate of drug-likeness (QED) is 0.260. The number of aliphatic carboxylic acids is 1. The third kappa shape index (κ3) is 7.49. The van der Waals surface area contributed by atoms with Gasteiger partial charge in [0, 0.05) is 42.4 Å². The average molecular weight is 586 g/mol. The van der Waals surface area contributed by atoms with Crippen molar-refractivity contribution in [3.63, 3.8) is 0 Å². The minimum atomic E-state index is -0.741. The molecular weight excluding hydrogens is 538 g/mol. The molecule has 2 fully saturated rings. The van der Waals surface area contributed by atoms with E-state index < -0.39 is 5.97 Å². The van der Waals surface area contributed by atoms with Crippen LogP contribution in [0.4, 0.5) is 5.69 Å². The third-order valence-corrected chi connectivity index (χ3v) is 9.72. The molecule has 2 aliphatic rings. The summed E-state index contributed by atoms with van der Waals surface area (Å²) in [5.41, 5.74) is 5.62. The van der Waals surface area contributed by atoms with Gasteiger partial charge in [0.05, 0.1) is 13.3 Å². The number of aryl methyl sites for hydroxylation is 1. The fourth-order valence-electron chi connectivity index (χ4n) is 7.12. The number of carboxylic acid groups (broad SMARTS) is 1. The molecule has 5 rings (SSSR count). The van der Waals surface area contributed by atoms with Crippen molar-refractivity contribution in [3.8, 4) is 16.9 Å². The molecule has 7 nitrogen and oxygen atoms in total. The molecule has 2 saturated carbocycles. The lowest BCUT2D eigenvalue weighted by molar-refractivity contribution is -0.138. The number of rotatable bonds is 10. The molecule has 0 spiro atoms. The molecule has 0 saturated heterocycles. The fourth-order valence-corrected chi connectivity index (χ4v) is 7.12. The molecule has 1 aromatic heterocycles. The Hall–Kier alpha value is -3.61. The molecule has 1 heterocycles. The zero-order chi connectivity index (χ0) is 30.5. The number of nitrogens with zero attached hydrogens (tertiary/aromatic N) is 3. The number of hydrogen-bond donors (Lipinski definition) is 1. The van der Waals surface area contributed by atoms with Crippen LogP contribution in [0.2, 0.25) is 0 Å². The van der Waals surface area contributed by atoms with Crippen LogP contribution in [0.5, 0.6) is 5.75 Å². The number of methoxy groups -OCH3 is 1. The van der Waals surface area contributed by atoms with Crippen molar-refractivity contribution in [3.05, 3.63) is 66.0 Å². The molecule has 1 N–H and O–H groups in total. The Kier molecular flexibility index (Phi) is 9.89. The summed E-state index contributed by atoms with van der Waals surface area (Å²) in [6.45, 7) is 7.05. The molecule has 0 atom stereocenters. The SMILES string of the molecule is COc1ccc(C2CCC(CN(C(=O)C3CCC(CC(=O)O)CC3)c3cccc(-c4cnn(C(C)C)c4)c3)CC2)cc1C. The summed E-state index contributed by atoms with van der Waals surface area (Å²) in [6, 6.07) is 15.2. The molecule has 7 heteroatoms. The summed E-state index contributed by atoms with van der Waals surface area (Å²) in [7, 11) is 1.72. The lowest BCUT2D eigenvalue weighted by Gasteiger charge is -2.36. The second kappa shape index (κ2) is 13.8. The minimum Gasteiger partial charge on any atom is -0.496 e. The minimum absolute atomic E-state index is 0.0593. The van der Waals surface area contributed by atoms with Gasteiger partial charge in [-0.1, -0.05) is 24.3 Å². The summed E-state index contributed by atoms with van der Waals surface area (Å²) in [5, 5.41) is 13.8. The predicted octanol–water partition coefficient (Wildman–Crippen LogP) is 8.04. The predicted molar refractivity (Wildman–Crippen MR) is 171 cm³/mol. The Labute approximate surface area is 256 Å². The van der Waals surface area contributed by atoms with E-state index in [2.05, 4.69) is 73.4 Å². The van der Waals surface area contributed by atoms with Gasteiger partial charge in [0.25, 0.3) is 0 Å². The lowest BCUT2D eigenvalue weighted by atomic mass is 9.77. The van der Waals surface area contributed by atoms with E-state index in [4.69, 9.17) is 4.74 Å². The smallest absolute Gasteiger partial charge is 0.303 e. The summed E-state index contributed by atoms with van der Waals surface area (Å²) < 4.78 is 7.43. The first-order valence-electron chi connectivity index (χ1n) is 16.0. The number of carboxylic acids is 1. The number of benzene rings is 2. The molecule has 0 aliphatic heterocycles. The van der Waals surface area contributed by atoms with E-state index in [0.717, 1.165) is 80.5 Å². The van der Waals surface area contributed by atoms with E-state index in [9.17, 15) is 14.7 Å². The maximum atomic E-state index is 14.2. The van der Waals surface area contributed by atoms with Crippen molar-refractivity contribution in [1.82, 2.24) is 9.78 Å². The molecule has 0 bridgehead atoms. The van der Waals surface area contributed by atoms with Crippen LogP contribution < -0.4 is 9.64 Å². The van der Waals surface area contributed by atoms with Crippen molar-refractivity contribution in [2.45, 2.75) is 90.5 Å². The van der Waals surface area contributed by atoms with Crippen LogP contribution in [0.3, 0.4) is 0 Å². The molecular formula is C36H47N3O4. The normalized spacial score (nSPS) is 22.3. The maximum absolute atomic E-state index is 14.2. The summed E-state index contributed by atoms with van der Waals surface area (Å²) in [6.07, 6.45) is 11.7. The largest absolute Gasteiger partial charge is 0.496 e. The first-order valence-corrected chi connectivity index (χ1v) is 16.0. The van der Waals surface area contributed by atoms with Gasteiger partial charge in [0.15, 0.2) is 0 Å². The van der Waals surface area contributed by atoms with E-state index in [1.165, 1.54) is 11.1 Å². The zero-order valence-corrected chi connectivity index (χ0v) is 26.2. The Morgan fingerprint density at radius 2 is 1.70 bits per heavy atom. The third-order valence-electron chi connectivity index (χ3n) is 9.72. The molecule has 230 valence electrons. The highest BCUT2D eigenvalue weighted by atomic mass is 16.5. The van der Waals surface area contributed by atoms with E-state index in [1.807, 2.05) is 16.9 Å². The van der Waals surface area contributed by atoms with Crippen LogP contribution in [0.15, 0.2) is 54.9 Å². The highest BCUT2D eigenvalue weighted by Gasteiger charge is 2.33. The number of anilines is 1. The first-order chi connectivity index (χ1) is 20.7. The van der Waals surface area contributed by atoms with Crippen molar-refractivity contribution < 1.29 is 19.4 Å². The van der Waals surface area contributed by atoms with Crippen molar-refractivity contribution >= 4 is 17.6 Å². The van der Waals surface area contributed by atoms with Crippen LogP contribution in [-0.2, 0) is 9.59 Å². The highest BCUT2D eigenvalue weighted by Crippen LogP contribution is 2.39. The number of carbonyl (C=O) groups excluding carboxylic acids is 1. The van der Waals surface area contributed by atoms with Crippen molar-refractivity contribution in [2.75, 3.05) is 18.6 Å². The van der Waals surface area contributed by atoms with Crippen LogP contribution >= 0.6 is 0 Å². The molecule has 2 aliphatic carbocycles. The molecule has 43 heavy (non-hydrogen) atoms. The second-order valence-electron chi connectivity index (χ2n) is 13.1. The van der Waals surface area contributed by atoms with Crippen molar-refractivity contribution in [2.24, 2.45) is 17.8 Å². The van der Waals surface area contributed by atoms with Gasteiger partial charge in [0.1, 0.15) is 5.75 Å². The van der Waals surface area contributed by atoms with Gasteiger partial charge in [-0.3, -0.25) is 14.3 Å². The molecule has 3 aromatic rings. The van der Waals surface area contributed by atoms with E-state index >= 15 is 0 Å². The van der Waals surface area contributed by atoms with Gasteiger partial charge < -0.3 is 14.7 Å². The molecule has 1 amide bonds. The van der Waals surface area contributed by atoms with E-state index in [0.29, 0.717) is 11.8 Å². The van der Waals surface area contributed by atoms with Gasteiger partial charge in [-0.15, -0.1) is 0 Å². The van der Waals surface area contributed by atoms with Crippen molar-refractivity contribution in [1.29, 1.82) is 0 Å². The first kappa shape index (κ1) is 30.8. The number of hydrogen-bond acceptors (Lipinski definition) is 4. The fraction of sp³-hybridized carbons (Fsp3) is 0.528. The van der Waals surface area contributed by atoms with E-state index in [1.54, 1.807) is 7.11 Å². The number of amides is 1. The van der Waals surface area contributed by atoms with Crippen LogP contribution in [0.25, 0.3) is 11.1 Å². The summed E-state index contributed by atoms with van der Waals surface area (Å²) >= 11 is 0. The Bertz CT molecular complexity index is 1400. The molecule has 0 radical (unpaired) electrons. The second-order valence-corrected chi connectivity index (χ2v) is 13.1. The lowest BCUT2D eigenvalue weighted by Crippen LogP contribution is -2.41. The monoisotopic (exact) mass is 585 g/mol. The van der Waals surface area contributed by atoms with Gasteiger partial charge in [-0.05, 0) is 125 Å². The Balaban J connectivity index is 1.33. The summed E-state index contributed by atoms with van der Waals surface area (Å²) in [4.78, 5) is 27.5.